The summed E-state index contributed by atoms with van der Waals surface area (Å²) < 4.78 is 0. The smallest absolute Gasteiger partial charge is 0.0697 e. The van der Waals surface area contributed by atoms with Crippen LogP contribution in [0.1, 0.15) is 24.8 Å². The Balaban J connectivity index is 2.05. The second-order valence-corrected chi connectivity index (χ2v) is 6.70. The number of aliphatic hydroxyl groups is 2. The van der Waals surface area contributed by atoms with Crippen molar-refractivity contribution in [3.63, 3.8) is 0 Å². The molecule has 0 radical (unpaired) electrons. The molecule has 0 unspecified atom stereocenters. The highest BCUT2D eigenvalue weighted by atomic mass is 32.2. The Morgan fingerprint density at radius 2 is 1.57 bits per heavy atom. The van der Waals surface area contributed by atoms with Gasteiger partial charge in [-0.2, -0.15) is 0 Å². The number of aliphatic hydroxyl groups excluding tert-OH is 2. The van der Waals surface area contributed by atoms with Crippen LogP contribution in [0.25, 0.3) is 6.08 Å². The summed E-state index contributed by atoms with van der Waals surface area (Å²) in [5.74, 6) is 0. The first-order chi connectivity index (χ1) is 11.3. The van der Waals surface area contributed by atoms with Crippen molar-refractivity contribution in [1.29, 1.82) is 0 Å². The highest BCUT2D eigenvalue weighted by molar-refractivity contribution is 8.00. The predicted octanol–water partition coefficient (Wildman–Crippen LogP) is 4.38. The standard InChI is InChI=1S/C20H24O2S/c21-16-8-7-13-19(22)20(23-18-11-5-2-6-12-18)15-14-17-9-3-1-4-10-17/h1-6,9-12,14-15,19-22H,7-8,13,16H2/b15-14+/t19-,20+/m0/s1. The summed E-state index contributed by atoms with van der Waals surface area (Å²) >= 11 is 1.67. The Labute approximate surface area is 142 Å². The zero-order valence-electron chi connectivity index (χ0n) is 13.2. The molecule has 2 atom stereocenters. The molecular weight excluding hydrogens is 304 g/mol. The van der Waals surface area contributed by atoms with E-state index in [1.165, 1.54) is 0 Å². The number of benzene rings is 2. The van der Waals surface area contributed by atoms with E-state index in [1.807, 2.05) is 36.4 Å². The number of thioether (sulfide) groups is 1. The van der Waals surface area contributed by atoms with Gasteiger partial charge in [0.05, 0.1) is 11.4 Å². The van der Waals surface area contributed by atoms with Gasteiger partial charge in [-0.05, 0) is 37.0 Å². The lowest BCUT2D eigenvalue weighted by molar-refractivity contribution is 0.165. The Morgan fingerprint density at radius 1 is 0.913 bits per heavy atom. The molecule has 2 rings (SSSR count). The Morgan fingerprint density at radius 3 is 2.22 bits per heavy atom. The van der Waals surface area contributed by atoms with Gasteiger partial charge in [0.2, 0.25) is 0 Å². The molecule has 0 aliphatic carbocycles. The highest BCUT2D eigenvalue weighted by Gasteiger charge is 2.17. The first-order valence-corrected chi connectivity index (χ1v) is 8.91. The molecule has 0 bridgehead atoms. The minimum Gasteiger partial charge on any atom is -0.396 e. The molecule has 122 valence electrons. The fourth-order valence-electron chi connectivity index (χ4n) is 2.30. The molecule has 3 heteroatoms. The van der Waals surface area contributed by atoms with Crippen LogP contribution in [0.3, 0.4) is 0 Å². The lowest BCUT2D eigenvalue weighted by Crippen LogP contribution is -2.21. The largest absolute Gasteiger partial charge is 0.396 e. The normalized spacial score (nSPS) is 14.0. The maximum atomic E-state index is 10.5. The fraction of sp³-hybridized carbons (Fsp3) is 0.300. The fourth-order valence-corrected chi connectivity index (χ4v) is 3.38. The minimum absolute atomic E-state index is 0.00343. The molecule has 0 aliphatic rings. The Bertz CT molecular complexity index is 569. The third kappa shape index (κ3) is 6.61. The molecule has 2 aromatic rings. The van der Waals surface area contributed by atoms with E-state index in [4.69, 9.17) is 5.11 Å². The Kier molecular flexibility index (Phi) is 7.95. The SMILES string of the molecule is OCCCC[C@H](O)[C@@H](/C=C/c1ccccc1)Sc1ccccc1. The molecule has 0 spiro atoms. The van der Waals surface area contributed by atoms with Crippen LogP contribution in [0.5, 0.6) is 0 Å². The van der Waals surface area contributed by atoms with Crippen molar-refractivity contribution in [1.82, 2.24) is 0 Å². The second-order valence-electron chi connectivity index (χ2n) is 5.45. The maximum absolute atomic E-state index is 10.5. The van der Waals surface area contributed by atoms with E-state index in [0.717, 1.165) is 23.3 Å². The molecule has 2 N–H and O–H groups in total. The van der Waals surface area contributed by atoms with E-state index < -0.39 is 6.10 Å². The van der Waals surface area contributed by atoms with Crippen LogP contribution >= 0.6 is 11.8 Å². The van der Waals surface area contributed by atoms with Gasteiger partial charge in [0.15, 0.2) is 0 Å². The lowest BCUT2D eigenvalue weighted by atomic mass is 10.1. The third-order valence-electron chi connectivity index (χ3n) is 3.58. The van der Waals surface area contributed by atoms with Gasteiger partial charge in [0, 0.05) is 11.5 Å². The molecule has 0 fully saturated rings. The molecule has 0 saturated carbocycles. The van der Waals surface area contributed by atoms with Crippen LogP contribution in [-0.4, -0.2) is 28.2 Å². The number of rotatable bonds is 9. The molecule has 0 aromatic heterocycles. The van der Waals surface area contributed by atoms with Crippen molar-refractivity contribution in [3.8, 4) is 0 Å². The van der Waals surface area contributed by atoms with Crippen molar-refractivity contribution < 1.29 is 10.2 Å². The van der Waals surface area contributed by atoms with Crippen molar-refractivity contribution in [2.45, 2.75) is 35.5 Å². The van der Waals surface area contributed by atoms with Crippen molar-refractivity contribution in [2.75, 3.05) is 6.61 Å². The van der Waals surface area contributed by atoms with Crippen LogP contribution in [0, 0.1) is 0 Å². The molecular formula is C20H24O2S. The summed E-state index contributed by atoms with van der Waals surface area (Å²) in [4.78, 5) is 1.15. The molecule has 2 aromatic carbocycles. The zero-order valence-corrected chi connectivity index (χ0v) is 14.0. The van der Waals surface area contributed by atoms with E-state index in [2.05, 4.69) is 36.4 Å². The van der Waals surface area contributed by atoms with Gasteiger partial charge in [-0.15, -0.1) is 11.8 Å². The summed E-state index contributed by atoms with van der Waals surface area (Å²) in [6.45, 7) is 0.184. The lowest BCUT2D eigenvalue weighted by Gasteiger charge is -2.19. The summed E-state index contributed by atoms with van der Waals surface area (Å²) in [6.07, 6.45) is 5.99. The first kappa shape index (κ1) is 17.8. The van der Waals surface area contributed by atoms with Crippen LogP contribution in [0.2, 0.25) is 0 Å². The molecule has 23 heavy (non-hydrogen) atoms. The van der Waals surface area contributed by atoms with E-state index >= 15 is 0 Å². The Hall–Kier alpha value is -1.55. The summed E-state index contributed by atoms with van der Waals surface area (Å²) in [7, 11) is 0. The predicted molar refractivity (Wildman–Crippen MR) is 98.5 cm³/mol. The van der Waals surface area contributed by atoms with Gasteiger partial charge in [0.25, 0.3) is 0 Å². The monoisotopic (exact) mass is 328 g/mol. The topological polar surface area (TPSA) is 40.5 Å². The van der Waals surface area contributed by atoms with Gasteiger partial charge in [-0.1, -0.05) is 60.7 Å². The van der Waals surface area contributed by atoms with Crippen LogP contribution < -0.4 is 0 Å². The number of hydrogen-bond donors (Lipinski definition) is 2. The van der Waals surface area contributed by atoms with Gasteiger partial charge >= 0.3 is 0 Å². The van der Waals surface area contributed by atoms with Gasteiger partial charge in [0.1, 0.15) is 0 Å². The van der Waals surface area contributed by atoms with Crippen molar-refractivity contribution in [2.24, 2.45) is 0 Å². The molecule has 0 aliphatic heterocycles. The number of hydrogen-bond acceptors (Lipinski definition) is 3. The maximum Gasteiger partial charge on any atom is 0.0697 e. The average molecular weight is 328 g/mol. The van der Waals surface area contributed by atoms with E-state index in [1.54, 1.807) is 11.8 Å². The van der Waals surface area contributed by atoms with Crippen molar-refractivity contribution >= 4 is 17.8 Å². The molecule has 0 heterocycles. The van der Waals surface area contributed by atoms with Gasteiger partial charge < -0.3 is 10.2 Å². The van der Waals surface area contributed by atoms with Crippen molar-refractivity contribution in [3.05, 3.63) is 72.3 Å². The van der Waals surface area contributed by atoms with E-state index in [9.17, 15) is 5.11 Å². The van der Waals surface area contributed by atoms with Crippen LogP contribution in [0.4, 0.5) is 0 Å². The quantitative estimate of drug-likeness (QED) is 0.530. The molecule has 0 saturated heterocycles. The highest BCUT2D eigenvalue weighted by Crippen LogP contribution is 2.28. The zero-order chi connectivity index (χ0) is 16.3. The minimum atomic E-state index is -0.424. The van der Waals surface area contributed by atoms with Crippen LogP contribution in [-0.2, 0) is 0 Å². The molecule has 2 nitrogen and oxygen atoms in total. The summed E-state index contributed by atoms with van der Waals surface area (Å²) in [5, 5.41) is 19.4. The summed E-state index contributed by atoms with van der Waals surface area (Å²) in [6, 6.07) is 20.3. The third-order valence-corrected chi connectivity index (χ3v) is 4.87. The first-order valence-electron chi connectivity index (χ1n) is 8.03. The van der Waals surface area contributed by atoms with Crippen LogP contribution in [0.15, 0.2) is 71.6 Å². The van der Waals surface area contributed by atoms with Gasteiger partial charge in [-0.25, -0.2) is 0 Å². The van der Waals surface area contributed by atoms with Gasteiger partial charge in [-0.3, -0.25) is 0 Å². The molecule has 0 amide bonds. The number of unbranched alkanes of at least 4 members (excludes halogenated alkanes) is 1. The summed E-state index contributed by atoms with van der Waals surface area (Å²) in [5.41, 5.74) is 1.13. The van der Waals surface area contributed by atoms with E-state index in [-0.39, 0.29) is 11.9 Å². The second kappa shape index (κ2) is 10.3. The van der Waals surface area contributed by atoms with E-state index in [0.29, 0.717) is 6.42 Å². The average Bonchev–Trinajstić information content (AvgIpc) is 2.60.